The Morgan fingerprint density at radius 2 is 2.24 bits per heavy atom. The Bertz CT molecular complexity index is 265. The van der Waals surface area contributed by atoms with Crippen molar-refractivity contribution < 1.29 is 14.3 Å². The second kappa shape index (κ2) is 7.50. The van der Waals surface area contributed by atoms with Crippen LogP contribution in [0.3, 0.4) is 0 Å². The molecule has 3 amide bonds. The largest absolute Gasteiger partial charge is 0.378 e. The average molecular weight is 263 g/mol. The first kappa shape index (κ1) is 14.3. The third-order valence-corrected chi connectivity index (χ3v) is 2.82. The van der Waals surface area contributed by atoms with Crippen molar-refractivity contribution in [3.63, 3.8) is 0 Å². The lowest BCUT2D eigenvalue weighted by Gasteiger charge is -2.22. The predicted octanol–water partition coefficient (Wildman–Crippen LogP) is 1.40. The van der Waals surface area contributed by atoms with Crippen molar-refractivity contribution in [1.29, 1.82) is 0 Å². The van der Waals surface area contributed by atoms with Gasteiger partial charge in [-0.05, 0) is 32.6 Å². The van der Waals surface area contributed by atoms with Gasteiger partial charge in [0.25, 0.3) is 0 Å². The minimum Gasteiger partial charge on any atom is -0.378 e. The number of halogens is 1. The first-order valence-electron chi connectivity index (χ1n) is 5.94. The molecule has 1 heterocycles. The summed E-state index contributed by atoms with van der Waals surface area (Å²) in [5, 5.41) is 4.06. The van der Waals surface area contributed by atoms with Crippen LogP contribution in [0.15, 0.2) is 0 Å². The number of hydrogen-bond acceptors (Lipinski definition) is 3. The Kier molecular flexibility index (Phi) is 6.29. The molecule has 6 heteroatoms. The summed E-state index contributed by atoms with van der Waals surface area (Å²) in [6.07, 6.45) is 4.34. The maximum atomic E-state index is 11.3. The Labute approximate surface area is 106 Å². The number of urea groups is 1. The molecular formula is C11H19ClN2O3. The summed E-state index contributed by atoms with van der Waals surface area (Å²) in [6, 6.07) is -0.502. The summed E-state index contributed by atoms with van der Waals surface area (Å²) in [7, 11) is 0. The first-order valence-corrected chi connectivity index (χ1v) is 6.37. The minimum atomic E-state index is -0.706. The molecule has 0 bridgehead atoms. The highest BCUT2D eigenvalue weighted by molar-refractivity contribution is 6.31. The van der Waals surface area contributed by atoms with Crippen LogP contribution >= 0.6 is 11.6 Å². The molecule has 1 aliphatic rings. The van der Waals surface area contributed by atoms with Crippen LogP contribution in [0.5, 0.6) is 0 Å². The zero-order valence-electron chi connectivity index (χ0n) is 10.0. The van der Waals surface area contributed by atoms with Gasteiger partial charge in [0, 0.05) is 13.2 Å². The highest BCUT2D eigenvalue weighted by atomic mass is 35.5. The van der Waals surface area contributed by atoms with Crippen molar-refractivity contribution in [3.8, 4) is 0 Å². The number of carbonyl (C=O) groups excluding carboxylic acids is 2. The van der Waals surface area contributed by atoms with Crippen molar-refractivity contribution in [3.05, 3.63) is 0 Å². The van der Waals surface area contributed by atoms with Gasteiger partial charge in [-0.3, -0.25) is 10.1 Å². The Morgan fingerprint density at radius 1 is 1.47 bits per heavy atom. The SMILES string of the molecule is CC(Cl)C(=O)NC(=O)NCCC1CCCCO1. The van der Waals surface area contributed by atoms with E-state index in [1.165, 1.54) is 13.3 Å². The molecular weight excluding hydrogens is 244 g/mol. The van der Waals surface area contributed by atoms with Gasteiger partial charge in [-0.15, -0.1) is 11.6 Å². The van der Waals surface area contributed by atoms with Crippen LogP contribution in [0.25, 0.3) is 0 Å². The van der Waals surface area contributed by atoms with Crippen LogP contribution in [0.1, 0.15) is 32.6 Å². The lowest BCUT2D eigenvalue weighted by molar-refractivity contribution is -0.119. The number of ether oxygens (including phenoxy) is 1. The highest BCUT2D eigenvalue weighted by Gasteiger charge is 2.15. The third kappa shape index (κ3) is 5.89. The van der Waals surface area contributed by atoms with Crippen LogP contribution in [0.2, 0.25) is 0 Å². The number of carbonyl (C=O) groups is 2. The van der Waals surface area contributed by atoms with E-state index in [-0.39, 0.29) is 6.10 Å². The van der Waals surface area contributed by atoms with Crippen molar-refractivity contribution in [1.82, 2.24) is 10.6 Å². The van der Waals surface area contributed by atoms with Gasteiger partial charge in [0.2, 0.25) is 5.91 Å². The number of amides is 3. The fourth-order valence-electron chi connectivity index (χ4n) is 1.64. The normalized spacial score (nSPS) is 21.6. The maximum absolute atomic E-state index is 11.3. The summed E-state index contributed by atoms with van der Waals surface area (Å²) in [6.45, 7) is 2.82. The van der Waals surface area contributed by atoms with Crippen molar-refractivity contribution >= 4 is 23.5 Å². The van der Waals surface area contributed by atoms with E-state index in [2.05, 4.69) is 10.6 Å². The average Bonchev–Trinajstić information content (AvgIpc) is 2.30. The molecule has 17 heavy (non-hydrogen) atoms. The number of hydrogen-bond donors (Lipinski definition) is 2. The molecule has 98 valence electrons. The van der Waals surface area contributed by atoms with E-state index >= 15 is 0 Å². The molecule has 0 aromatic carbocycles. The molecule has 1 saturated heterocycles. The molecule has 1 rings (SSSR count). The highest BCUT2D eigenvalue weighted by Crippen LogP contribution is 2.14. The molecule has 5 nitrogen and oxygen atoms in total. The fraction of sp³-hybridized carbons (Fsp3) is 0.818. The van der Waals surface area contributed by atoms with E-state index in [4.69, 9.17) is 16.3 Å². The van der Waals surface area contributed by atoms with E-state index in [9.17, 15) is 9.59 Å². The van der Waals surface area contributed by atoms with Gasteiger partial charge < -0.3 is 10.1 Å². The van der Waals surface area contributed by atoms with Crippen LogP contribution in [-0.4, -0.2) is 36.6 Å². The molecule has 0 spiro atoms. The van der Waals surface area contributed by atoms with Crippen molar-refractivity contribution in [2.45, 2.75) is 44.1 Å². The third-order valence-electron chi connectivity index (χ3n) is 2.62. The zero-order valence-corrected chi connectivity index (χ0v) is 10.8. The van der Waals surface area contributed by atoms with Crippen LogP contribution in [-0.2, 0) is 9.53 Å². The van der Waals surface area contributed by atoms with Crippen molar-refractivity contribution in [2.24, 2.45) is 0 Å². The van der Waals surface area contributed by atoms with Gasteiger partial charge in [0.1, 0.15) is 5.38 Å². The summed E-state index contributed by atoms with van der Waals surface area (Å²) in [4.78, 5) is 22.3. The Balaban J connectivity index is 2.09. The molecule has 2 N–H and O–H groups in total. The predicted molar refractivity (Wildman–Crippen MR) is 65.1 cm³/mol. The fourth-order valence-corrected chi connectivity index (χ4v) is 1.69. The van der Waals surface area contributed by atoms with Gasteiger partial charge in [-0.1, -0.05) is 0 Å². The van der Waals surface area contributed by atoms with E-state index in [0.717, 1.165) is 25.9 Å². The van der Waals surface area contributed by atoms with E-state index in [0.29, 0.717) is 6.54 Å². The molecule has 0 radical (unpaired) electrons. The molecule has 2 unspecified atom stereocenters. The standard InChI is InChI=1S/C11H19ClN2O3/c1-8(12)10(15)14-11(16)13-6-5-9-4-2-3-7-17-9/h8-9H,2-7H2,1H3,(H2,13,14,15,16). The van der Waals surface area contributed by atoms with E-state index < -0.39 is 17.3 Å². The van der Waals surface area contributed by atoms with Gasteiger partial charge in [0.05, 0.1) is 6.10 Å². The molecule has 1 aliphatic heterocycles. The number of rotatable bonds is 4. The van der Waals surface area contributed by atoms with Gasteiger partial charge in [0.15, 0.2) is 0 Å². The lowest BCUT2D eigenvalue weighted by Crippen LogP contribution is -2.43. The quantitative estimate of drug-likeness (QED) is 0.753. The smallest absolute Gasteiger partial charge is 0.321 e. The number of alkyl halides is 1. The first-order chi connectivity index (χ1) is 8.09. The zero-order chi connectivity index (χ0) is 12.7. The van der Waals surface area contributed by atoms with E-state index in [1.807, 2.05) is 0 Å². The molecule has 0 saturated carbocycles. The molecule has 0 aliphatic carbocycles. The topological polar surface area (TPSA) is 67.4 Å². The molecule has 0 aromatic heterocycles. The summed E-state index contributed by atoms with van der Waals surface area (Å²) < 4.78 is 5.52. The van der Waals surface area contributed by atoms with Crippen LogP contribution < -0.4 is 10.6 Å². The van der Waals surface area contributed by atoms with Gasteiger partial charge >= 0.3 is 6.03 Å². The number of imide groups is 1. The molecule has 0 aromatic rings. The molecule has 1 fully saturated rings. The second-order valence-electron chi connectivity index (χ2n) is 4.14. The van der Waals surface area contributed by atoms with Crippen molar-refractivity contribution in [2.75, 3.05) is 13.2 Å². The number of nitrogens with one attached hydrogen (secondary N) is 2. The molecule has 2 atom stereocenters. The summed E-state index contributed by atoms with van der Waals surface area (Å²) in [5.41, 5.74) is 0. The van der Waals surface area contributed by atoms with Crippen LogP contribution in [0.4, 0.5) is 4.79 Å². The minimum absolute atomic E-state index is 0.228. The Morgan fingerprint density at radius 3 is 2.82 bits per heavy atom. The second-order valence-corrected chi connectivity index (χ2v) is 4.79. The summed E-state index contributed by atoms with van der Waals surface area (Å²) >= 11 is 5.52. The summed E-state index contributed by atoms with van der Waals surface area (Å²) in [5.74, 6) is -0.488. The van der Waals surface area contributed by atoms with Crippen LogP contribution in [0, 0.1) is 0 Å². The van der Waals surface area contributed by atoms with Gasteiger partial charge in [-0.2, -0.15) is 0 Å². The Hall–Kier alpha value is -0.810. The maximum Gasteiger partial charge on any atom is 0.321 e. The monoisotopic (exact) mass is 262 g/mol. The van der Waals surface area contributed by atoms with E-state index in [1.54, 1.807) is 0 Å². The van der Waals surface area contributed by atoms with Gasteiger partial charge in [-0.25, -0.2) is 4.79 Å². The lowest BCUT2D eigenvalue weighted by atomic mass is 10.1.